The van der Waals surface area contributed by atoms with Crippen molar-refractivity contribution in [3.05, 3.63) is 69.6 Å². The summed E-state index contributed by atoms with van der Waals surface area (Å²) in [6, 6.07) is 12.8. The molecule has 0 spiro atoms. The predicted octanol–water partition coefficient (Wildman–Crippen LogP) is 4.45. The summed E-state index contributed by atoms with van der Waals surface area (Å²) in [7, 11) is 0. The Hall–Kier alpha value is -2.70. The summed E-state index contributed by atoms with van der Waals surface area (Å²) in [6.07, 6.45) is 0. The molecule has 1 heterocycles. The minimum atomic E-state index is -0.397. The monoisotopic (exact) mass is 399 g/mol. The SMILES string of the molecule is Cc1ccc(-c2csc(NC(=O)CNC(=O)c3ccccc3Cl)n2)c(C)c1. The first-order valence-corrected chi connectivity index (χ1v) is 9.55. The second-order valence-corrected chi connectivity index (χ2v) is 7.33. The number of hydrogen-bond acceptors (Lipinski definition) is 4. The fourth-order valence-electron chi connectivity index (χ4n) is 2.62. The maximum Gasteiger partial charge on any atom is 0.253 e. The van der Waals surface area contributed by atoms with Crippen molar-refractivity contribution < 1.29 is 9.59 Å². The highest BCUT2D eigenvalue weighted by Crippen LogP contribution is 2.27. The van der Waals surface area contributed by atoms with Crippen LogP contribution in [0.2, 0.25) is 5.02 Å². The van der Waals surface area contributed by atoms with E-state index >= 15 is 0 Å². The summed E-state index contributed by atoms with van der Waals surface area (Å²) in [5.41, 5.74) is 4.50. The molecule has 27 heavy (non-hydrogen) atoms. The van der Waals surface area contributed by atoms with Gasteiger partial charge in [-0.2, -0.15) is 0 Å². The van der Waals surface area contributed by atoms with Crippen molar-refractivity contribution in [2.24, 2.45) is 0 Å². The molecule has 0 aliphatic heterocycles. The van der Waals surface area contributed by atoms with Gasteiger partial charge in [0.15, 0.2) is 5.13 Å². The number of amides is 2. The van der Waals surface area contributed by atoms with Crippen LogP contribution in [-0.4, -0.2) is 23.3 Å². The smallest absolute Gasteiger partial charge is 0.253 e. The van der Waals surface area contributed by atoms with Crippen LogP contribution in [0.3, 0.4) is 0 Å². The highest BCUT2D eigenvalue weighted by molar-refractivity contribution is 7.14. The molecular formula is C20H18ClN3O2S. The number of rotatable bonds is 5. The largest absolute Gasteiger partial charge is 0.343 e. The van der Waals surface area contributed by atoms with Crippen LogP contribution in [0.25, 0.3) is 11.3 Å². The van der Waals surface area contributed by atoms with Gasteiger partial charge in [-0.25, -0.2) is 4.98 Å². The zero-order valence-electron chi connectivity index (χ0n) is 14.9. The molecule has 0 bridgehead atoms. The molecule has 5 nitrogen and oxygen atoms in total. The number of thiazole rings is 1. The van der Waals surface area contributed by atoms with Gasteiger partial charge in [0.25, 0.3) is 5.91 Å². The summed E-state index contributed by atoms with van der Waals surface area (Å²) < 4.78 is 0. The van der Waals surface area contributed by atoms with Gasteiger partial charge in [-0.1, -0.05) is 47.5 Å². The van der Waals surface area contributed by atoms with Gasteiger partial charge in [-0.15, -0.1) is 11.3 Å². The number of carbonyl (C=O) groups is 2. The van der Waals surface area contributed by atoms with E-state index in [2.05, 4.69) is 21.7 Å². The van der Waals surface area contributed by atoms with Crippen LogP contribution in [0.4, 0.5) is 5.13 Å². The molecule has 0 saturated heterocycles. The van der Waals surface area contributed by atoms with E-state index in [9.17, 15) is 9.59 Å². The molecule has 2 amide bonds. The fourth-order valence-corrected chi connectivity index (χ4v) is 3.57. The van der Waals surface area contributed by atoms with Crippen LogP contribution in [-0.2, 0) is 4.79 Å². The highest BCUT2D eigenvalue weighted by atomic mass is 35.5. The third-order valence-corrected chi connectivity index (χ3v) is 5.02. The lowest BCUT2D eigenvalue weighted by Gasteiger charge is -2.06. The summed E-state index contributed by atoms with van der Waals surface area (Å²) in [6.45, 7) is 3.91. The maximum atomic E-state index is 12.1. The molecule has 1 aromatic heterocycles. The number of nitrogens with zero attached hydrogens (tertiary/aromatic N) is 1. The Balaban J connectivity index is 1.60. The number of hydrogen-bond donors (Lipinski definition) is 2. The number of carbonyl (C=O) groups excluding carboxylic acids is 2. The quantitative estimate of drug-likeness (QED) is 0.665. The standard InChI is InChI=1S/C20H18ClN3O2S/c1-12-7-8-14(13(2)9-12)17-11-27-20(23-17)24-18(25)10-22-19(26)15-5-3-4-6-16(15)21/h3-9,11H,10H2,1-2H3,(H,22,26)(H,23,24,25). The van der Waals surface area contributed by atoms with Crippen LogP contribution in [0.5, 0.6) is 0 Å². The van der Waals surface area contributed by atoms with E-state index in [1.165, 1.54) is 16.9 Å². The lowest BCUT2D eigenvalue weighted by atomic mass is 10.0. The Kier molecular flexibility index (Phi) is 5.88. The number of benzene rings is 2. The van der Waals surface area contributed by atoms with E-state index < -0.39 is 5.91 Å². The van der Waals surface area contributed by atoms with Crippen LogP contribution < -0.4 is 10.6 Å². The van der Waals surface area contributed by atoms with Crippen molar-refractivity contribution in [3.8, 4) is 11.3 Å². The first-order chi connectivity index (χ1) is 12.9. The Morgan fingerprint density at radius 1 is 1.15 bits per heavy atom. The second kappa shape index (κ2) is 8.33. The first-order valence-electron chi connectivity index (χ1n) is 8.30. The van der Waals surface area contributed by atoms with Gasteiger partial charge in [0, 0.05) is 10.9 Å². The molecule has 0 unspecified atom stereocenters. The average molecular weight is 400 g/mol. The Morgan fingerprint density at radius 2 is 1.93 bits per heavy atom. The average Bonchev–Trinajstić information content (AvgIpc) is 3.08. The van der Waals surface area contributed by atoms with Crippen molar-refractivity contribution in [3.63, 3.8) is 0 Å². The van der Waals surface area contributed by atoms with Crippen LogP contribution >= 0.6 is 22.9 Å². The lowest BCUT2D eigenvalue weighted by Crippen LogP contribution is -2.32. The van der Waals surface area contributed by atoms with Crippen molar-refractivity contribution in [2.75, 3.05) is 11.9 Å². The van der Waals surface area contributed by atoms with E-state index in [-0.39, 0.29) is 12.5 Å². The molecule has 2 aromatic carbocycles. The Bertz CT molecular complexity index is 1000. The van der Waals surface area contributed by atoms with E-state index in [4.69, 9.17) is 11.6 Å². The number of halogens is 1. The Morgan fingerprint density at radius 3 is 2.67 bits per heavy atom. The third-order valence-electron chi connectivity index (χ3n) is 3.94. The lowest BCUT2D eigenvalue weighted by molar-refractivity contribution is -0.115. The van der Waals surface area contributed by atoms with E-state index in [1.807, 2.05) is 31.4 Å². The first kappa shape index (κ1) is 19.1. The maximum absolute atomic E-state index is 12.1. The van der Waals surface area contributed by atoms with Crippen LogP contribution in [0.15, 0.2) is 47.8 Å². The van der Waals surface area contributed by atoms with Crippen LogP contribution in [0.1, 0.15) is 21.5 Å². The van der Waals surface area contributed by atoms with Gasteiger partial charge in [0.2, 0.25) is 5.91 Å². The molecule has 0 aliphatic rings. The summed E-state index contributed by atoms with van der Waals surface area (Å²) in [5, 5.41) is 7.99. The van der Waals surface area contributed by atoms with Crippen molar-refractivity contribution in [2.45, 2.75) is 13.8 Å². The third kappa shape index (κ3) is 4.72. The highest BCUT2D eigenvalue weighted by Gasteiger charge is 2.13. The van der Waals surface area contributed by atoms with Gasteiger partial charge in [-0.05, 0) is 31.5 Å². The molecule has 138 valence electrons. The number of aromatic nitrogens is 1. The number of nitrogens with one attached hydrogen (secondary N) is 2. The van der Waals surface area contributed by atoms with Gasteiger partial charge in [0.1, 0.15) is 0 Å². The fraction of sp³-hybridized carbons (Fsp3) is 0.150. The normalized spacial score (nSPS) is 10.5. The molecule has 3 rings (SSSR count). The molecule has 7 heteroatoms. The second-order valence-electron chi connectivity index (χ2n) is 6.07. The van der Waals surface area contributed by atoms with Gasteiger partial charge < -0.3 is 10.6 Å². The zero-order chi connectivity index (χ0) is 19.4. The van der Waals surface area contributed by atoms with Crippen molar-refractivity contribution in [1.29, 1.82) is 0 Å². The molecule has 0 aliphatic carbocycles. The minimum Gasteiger partial charge on any atom is -0.343 e. The van der Waals surface area contributed by atoms with Crippen LogP contribution in [0, 0.1) is 13.8 Å². The summed E-state index contributed by atoms with van der Waals surface area (Å²) in [5.74, 6) is -0.747. The molecule has 2 N–H and O–H groups in total. The van der Waals surface area contributed by atoms with E-state index in [0.717, 1.165) is 16.8 Å². The van der Waals surface area contributed by atoms with E-state index in [1.54, 1.807) is 24.3 Å². The summed E-state index contributed by atoms with van der Waals surface area (Å²) in [4.78, 5) is 28.6. The molecule has 0 atom stereocenters. The van der Waals surface area contributed by atoms with Gasteiger partial charge in [0.05, 0.1) is 22.8 Å². The molecule has 3 aromatic rings. The molecule has 0 saturated carbocycles. The van der Waals surface area contributed by atoms with Gasteiger partial charge >= 0.3 is 0 Å². The molecular weight excluding hydrogens is 382 g/mol. The number of aryl methyl sites for hydroxylation is 2. The Labute approximate surface area is 166 Å². The molecule has 0 fully saturated rings. The topological polar surface area (TPSA) is 71.1 Å². The summed E-state index contributed by atoms with van der Waals surface area (Å²) >= 11 is 7.32. The minimum absolute atomic E-state index is 0.164. The number of anilines is 1. The van der Waals surface area contributed by atoms with Crippen molar-refractivity contribution >= 4 is 39.9 Å². The zero-order valence-corrected chi connectivity index (χ0v) is 16.4. The van der Waals surface area contributed by atoms with Gasteiger partial charge in [-0.3, -0.25) is 9.59 Å². The predicted molar refractivity (Wildman–Crippen MR) is 109 cm³/mol. The van der Waals surface area contributed by atoms with E-state index in [0.29, 0.717) is 15.7 Å². The molecule has 0 radical (unpaired) electrons. The van der Waals surface area contributed by atoms with Crippen molar-refractivity contribution in [1.82, 2.24) is 10.3 Å².